The van der Waals surface area contributed by atoms with E-state index >= 15 is 0 Å². The quantitative estimate of drug-likeness (QED) is 0.633. The molecular weight excluding hydrogens is 276 g/mol. The number of carbonyl (C=O) groups is 1. The lowest BCUT2D eigenvalue weighted by Crippen LogP contribution is -2.50. The van der Waals surface area contributed by atoms with Crippen molar-refractivity contribution in [2.75, 3.05) is 0 Å². The first kappa shape index (κ1) is 18.0. The normalized spacial score (nSPS) is 12.3. The maximum Gasteiger partial charge on any atom is 0.258 e. The Balaban J connectivity index is 3.01. The number of rotatable bonds is 7. The molecule has 0 atom stereocenters. The van der Waals surface area contributed by atoms with Gasteiger partial charge in [0, 0.05) is 6.42 Å². The second-order valence-electron chi connectivity index (χ2n) is 6.94. The van der Waals surface area contributed by atoms with Crippen LogP contribution in [0.15, 0.2) is 24.3 Å². The number of hydrogen-bond donors (Lipinski definition) is 0. The molecular formula is C18H30O2Si. The van der Waals surface area contributed by atoms with E-state index in [4.69, 9.17) is 4.43 Å². The van der Waals surface area contributed by atoms with E-state index < -0.39 is 8.32 Å². The van der Waals surface area contributed by atoms with E-state index in [9.17, 15) is 4.79 Å². The Morgan fingerprint density at radius 1 is 0.952 bits per heavy atom. The first-order chi connectivity index (χ1) is 9.70. The van der Waals surface area contributed by atoms with E-state index in [-0.39, 0.29) is 5.78 Å². The van der Waals surface area contributed by atoms with Crippen LogP contribution in [-0.4, -0.2) is 14.1 Å². The smallest absolute Gasteiger partial charge is 0.258 e. The van der Waals surface area contributed by atoms with Crippen LogP contribution in [0.1, 0.15) is 54.0 Å². The van der Waals surface area contributed by atoms with E-state index in [1.807, 2.05) is 24.3 Å². The second-order valence-corrected chi connectivity index (χ2v) is 12.3. The first-order valence-corrected chi connectivity index (χ1v) is 10.1. The topological polar surface area (TPSA) is 26.3 Å². The summed E-state index contributed by atoms with van der Waals surface area (Å²) >= 11 is 0. The summed E-state index contributed by atoms with van der Waals surface area (Å²) in [6.45, 7) is 15.4. The van der Waals surface area contributed by atoms with Crippen LogP contribution in [0.5, 0.6) is 5.75 Å². The van der Waals surface area contributed by atoms with Gasteiger partial charge in [-0.15, -0.1) is 0 Å². The number of ketones is 1. The highest BCUT2D eigenvalue weighted by Crippen LogP contribution is 2.42. The van der Waals surface area contributed by atoms with Crippen LogP contribution in [0.3, 0.4) is 0 Å². The molecule has 0 aromatic heterocycles. The Morgan fingerprint density at radius 2 is 1.38 bits per heavy atom. The SMILES string of the molecule is CC(=O)Cc1ccc(O[Si](C(C)C)(C(C)C)C(C)C)cc1. The molecule has 0 unspecified atom stereocenters. The van der Waals surface area contributed by atoms with Crippen LogP contribution in [-0.2, 0) is 11.2 Å². The van der Waals surface area contributed by atoms with Crippen LogP contribution in [0.4, 0.5) is 0 Å². The molecule has 0 radical (unpaired) electrons. The minimum atomic E-state index is -1.88. The molecule has 118 valence electrons. The summed E-state index contributed by atoms with van der Waals surface area (Å²) in [6.07, 6.45) is 0.501. The largest absolute Gasteiger partial charge is 0.543 e. The maximum atomic E-state index is 11.2. The first-order valence-electron chi connectivity index (χ1n) is 7.97. The van der Waals surface area contributed by atoms with Gasteiger partial charge in [0.15, 0.2) is 0 Å². The zero-order valence-electron chi connectivity index (χ0n) is 14.6. The highest BCUT2D eigenvalue weighted by atomic mass is 28.4. The highest BCUT2D eigenvalue weighted by molar-refractivity contribution is 6.78. The molecule has 2 nitrogen and oxygen atoms in total. The lowest BCUT2D eigenvalue weighted by molar-refractivity contribution is -0.116. The van der Waals surface area contributed by atoms with E-state index in [0.717, 1.165) is 11.3 Å². The van der Waals surface area contributed by atoms with Crippen LogP contribution < -0.4 is 4.43 Å². The summed E-state index contributed by atoms with van der Waals surface area (Å²) in [6, 6.07) is 8.06. The molecule has 0 spiro atoms. The van der Waals surface area contributed by atoms with Crippen molar-refractivity contribution in [2.24, 2.45) is 0 Å². The Hall–Kier alpha value is -1.09. The lowest BCUT2D eigenvalue weighted by Gasteiger charge is -2.42. The van der Waals surface area contributed by atoms with Gasteiger partial charge in [0.2, 0.25) is 0 Å². The fourth-order valence-electron chi connectivity index (χ4n) is 3.52. The zero-order valence-corrected chi connectivity index (χ0v) is 15.6. The average Bonchev–Trinajstić information content (AvgIpc) is 2.35. The van der Waals surface area contributed by atoms with Gasteiger partial charge in [0.05, 0.1) is 0 Å². The Bertz CT molecular complexity index is 439. The van der Waals surface area contributed by atoms with Crippen LogP contribution in [0.2, 0.25) is 16.6 Å². The lowest BCUT2D eigenvalue weighted by atomic mass is 10.1. The second kappa shape index (κ2) is 7.26. The van der Waals surface area contributed by atoms with Gasteiger partial charge in [0.25, 0.3) is 8.32 Å². The molecule has 0 aliphatic heterocycles. The van der Waals surface area contributed by atoms with Crippen molar-refractivity contribution in [1.82, 2.24) is 0 Å². The summed E-state index contributed by atoms with van der Waals surface area (Å²) in [5.74, 6) is 1.14. The highest BCUT2D eigenvalue weighted by Gasteiger charge is 2.46. The van der Waals surface area contributed by atoms with Crippen molar-refractivity contribution < 1.29 is 9.22 Å². The third kappa shape index (κ3) is 4.19. The molecule has 0 aliphatic rings. The molecule has 21 heavy (non-hydrogen) atoms. The monoisotopic (exact) mass is 306 g/mol. The predicted octanol–water partition coefficient (Wildman–Crippen LogP) is 5.37. The summed E-state index contributed by atoms with van der Waals surface area (Å²) in [5, 5.41) is 0. The van der Waals surface area contributed by atoms with Gasteiger partial charge in [-0.3, -0.25) is 4.79 Å². The molecule has 0 bridgehead atoms. The molecule has 0 N–H and O–H groups in total. The van der Waals surface area contributed by atoms with E-state index in [1.54, 1.807) is 6.92 Å². The molecule has 3 heteroatoms. The summed E-state index contributed by atoms with van der Waals surface area (Å²) in [4.78, 5) is 11.2. The van der Waals surface area contributed by atoms with Crippen molar-refractivity contribution in [1.29, 1.82) is 0 Å². The Morgan fingerprint density at radius 3 is 1.71 bits per heavy atom. The Kier molecular flexibility index (Phi) is 6.20. The molecule has 1 aromatic carbocycles. The summed E-state index contributed by atoms with van der Waals surface area (Å²) in [5.41, 5.74) is 2.75. The van der Waals surface area contributed by atoms with Crippen molar-refractivity contribution in [3.8, 4) is 5.75 Å². The summed E-state index contributed by atoms with van der Waals surface area (Å²) < 4.78 is 6.60. The minimum absolute atomic E-state index is 0.193. The average molecular weight is 307 g/mol. The standard InChI is InChI=1S/C18H30O2Si/c1-13(2)21(14(3)4,15(5)6)20-18-10-8-17(9-11-18)12-16(7)19/h8-11,13-15H,12H2,1-7H3. The molecule has 0 amide bonds. The third-order valence-electron chi connectivity index (χ3n) is 4.38. The van der Waals surface area contributed by atoms with Gasteiger partial charge >= 0.3 is 0 Å². The van der Waals surface area contributed by atoms with Crippen molar-refractivity contribution in [2.45, 2.75) is 71.5 Å². The number of carbonyl (C=O) groups excluding carboxylic acids is 1. The molecule has 0 aliphatic carbocycles. The minimum Gasteiger partial charge on any atom is -0.543 e. The molecule has 1 aromatic rings. The number of hydrogen-bond acceptors (Lipinski definition) is 2. The van der Waals surface area contributed by atoms with Gasteiger partial charge in [0.1, 0.15) is 11.5 Å². The van der Waals surface area contributed by atoms with Gasteiger partial charge in [-0.2, -0.15) is 0 Å². The van der Waals surface area contributed by atoms with E-state index in [2.05, 4.69) is 41.5 Å². The zero-order chi connectivity index (χ0) is 16.2. The van der Waals surface area contributed by atoms with Crippen LogP contribution >= 0.6 is 0 Å². The third-order valence-corrected chi connectivity index (χ3v) is 10.4. The fourth-order valence-corrected chi connectivity index (χ4v) is 8.77. The Labute approximate surface area is 131 Å². The van der Waals surface area contributed by atoms with E-state index in [0.29, 0.717) is 23.0 Å². The molecule has 0 heterocycles. The number of benzene rings is 1. The van der Waals surface area contributed by atoms with Crippen LogP contribution in [0, 0.1) is 0 Å². The predicted molar refractivity (Wildman–Crippen MR) is 92.5 cm³/mol. The number of Topliss-reactive ketones (excluding diaryl/α,β-unsaturated/α-hetero) is 1. The van der Waals surface area contributed by atoms with Gasteiger partial charge < -0.3 is 4.43 Å². The molecule has 0 fully saturated rings. The van der Waals surface area contributed by atoms with Gasteiger partial charge in [-0.25, -0.2) is 0 Å². The summed E-state index contributed by atoms with van der Waals surface area (Å²) in [7, 11) is -1.88. The van der Waals surface area contributed by atoms with Gasteiger partial charge in [-0.05, 0) is 41.2 Å². The molecule has 1 rings (SSSR count). The van der Waals surface area contributed by atoms with Crippen LogP contribution in [0.25, 0.3) is 0 Å². The molecule has 0 saturated carbocycles. The maximum absolute atomic E-state index is 11.2. The van der Waals surface area contributed by atoms with Crippen molar-refractivity contribution in [3.63, 3.8) is 0 Å². The molecule has 0 saturated heterocycles. The van der Waals surface area contributed by atoms with Gasteiger partial charge in [-0.1, -0.05) is 53.7 Å². The van der Waals surface area contributed by atoms with E-state index in [1.165, 1.54) is 0 Å². The van der Waals surface area contributed by atoms with Crippen molar-refractivity contribution >= 4 is 14.1 Å². The fraction of sp³-hybridized carbons (Fsp3) is 0.611. The van der Waals surface area contributed by atoms with Crippen molar-refractivity contribution in [3.05, 3.63) is 29.8 Å².